The highest BCUT2D eigenvalue weighted by molar-refractivity contribution is 5.77. The van der Waals surface area contributed by atoms with Crippen molar-refractivity contribution in [3.63, 3.8) is 0 Å². The molecule has 2 fully saturated rings. The molecule has 0 aromatic heterocycles. The number of allylic oxidation sites excluding steroid dienone is 2. The Balaban J connectivity index is 1.80. The highest BCUT2D eigenvalue weighted by Gasteiger charge is 2.59. The van der Waals surface area contributed by atoms with E-state index in [0.29, 0.717) is 5.92 Å². The summed E-state index contributed by atoms with van der Waals surface area (Å²) in [6.07, 6.45) is 3.91. The van der Waals surface area contributed by atoms with Gasteiger partial charge in [-0.25, -0.2) is 4.79 Å². The molecule has 3 rings (SSSR count). The number of esters is 1. The van der Waals surface area contributed by atoms with Crippen LogP contribution in [-0.2, 0) is 14.3 Å². The second-order valence-corrected chi connectivity index (χ2v) is 4.51. The van der Waals surface area contributed by atoms with Gasteiger partial charge in [-0.1, -0.05) is 12.2 Å². The molecule has 5 atom stereocenters. The maximum atomic E-state index is 11.7. The smallest absolute Gasteiger partial charge is 0.409 e. The molecule has 0 spiro atoms. The molecule has 2 bridgehead atoms. The van der Waals surface area contributed by atoms with E-state index in [1.165, 1.54) is 7.05 Å². The van der Waals surface area contributed by atoms with E-state index >= 15 is 0 Å². The molecule has 2 aliphatic carbocycles. The van der Waals surface area contributed by atoms with Crippen LogP contribution in [0.25, 0.3) is 0 Å². The van der Waals surface area contributed by atoms with Crippen LogP contribution in [0.1, 0.15) is 6.42 Å². The maximum Gasteiger partial charge on any atom is 0.409 e. The Morgan fingerprint density at radius 1 is 1.50 bits per heavy atom. The summed E-state index contributed by atoms with van der Waals surface area (Å²) >= 11 is 0. The van der Waals surface area contributed by atoms with Crippen LogP contribution in [0.5, 0.6) is 0 Å². The lowest BCUT2D eigenvalue weighted by Crippen LogP contribution is -2.32. The van der Waals surface area contributed by atoms with Gasteiger partial charge in [-0.2, -0.15) is 0 Å². The zero-order valence-corrected chi connectivity index (χ0v) is 8.88. The van der Waals surface area contributed by atoms with Gasteiger partial charge in [0, 0.05) is 7.05 Å². The van der Waals surface area contributed by atoms with Crippen LogP contribution in [0, 0.1) is 23.7 Å². The van der Waals surface area contributed by atoms with Gasteiger partial charge in [-0.15, -0.1) is 0 Å². The van der Waals surface area contributed by atoms with Crippen LogP contribution >= 0.6 is 0 Å². The van der Waals surface area contributed by atoms with Gasteiger partial charge in [0.25, 0.3) is 6.29 Å². The first-order chi connectivity index (χ1) is 7.70. The first kappa shape index (κ1) is 9.69. The fourth-order valence-electron chi connectivity index (χ4n) is 3.10. The fraction of sp³-hybridized carbons (Fsp3) is 0.636. The molecule has 1 saturated heterocycles. The van der Waals surface area contributed by atoms with Crippen LogP contribution in [0.4, 0.5) is 4.79 Å². The standard InChI is InChI=1S/C11H13NO4/c1-12-11(14)16-10-8-6-3-2-5(4-6)7(8)9(13)15-10/h2-3,5-8,10H,4H2,1H3,(H,12,14)/t5-,6-,7-,8+,10-/m0/s1. The van der Waals surface area contributed by atoms with Gasteiger partial charge in [-0.3, -0.25) is 4.79 Å². The van der Waals surface area contributed by atoms with Crippen molar-refractivity contribution in [3.8, 4) is 0 Å². The molecular formula is C11H13NO4. The number of hydrogen-bond acceptors (Lipinski definition) is 4. The first-order valence-corrected chi connectivity index (χ1v) is 5.48. The SMILES string of the molecule is CNC(=O)O[C@@H]1OC(=O)[C@@H]2[C@H]1[C@H]1C=C[C@H]2C1. The number of carbonyl (C=O) groups excluding carboxylic acids is 2. The average Bonchev–Trinajstić information content (AvgIpc) is 2.92. The summed E-state index contributed by atoms with van der Waals surface area (Å²) in [6.45, 7) is 0. The molecule has 1 aliphatic heterocycles. The number of amides is 1. The molecular weight excluding hydrogens is 210 g/mol. The first-order valence-electron chi connectivity index (χ1n) is 5.48. The number of fused-ring (bicyclic) bond motifs is 5. The summed E-state index contributed by atoms with van der Waals surface area (Å²) < 4.78 is 10.2. The largest absolute Gasteiger partial charge is 0.424 e. The Bertz CT molecular complexity index is 378. The highest BCUT2D eigenvalue weighted by Crippen LogP contribution is 2.53. The summed E-state index contributed by atoms with van der Waals surface area (Å²) in [4.78, 5) is 22.8. The topological polar surface area (TPSA) is 64.6 Å². The minimum Gasteiger partial charge on any atom is -0.424 e. The third-order valence-electron chi connectivity index (χ3n) is 3.77. The number of cyclic esters (lactones) is 1. The normalized spacial score (nSPS) is 43.1. The van der Waals surface area contributed by atoms with Crippen molar-refractivity contribution in [2.24, 2.45) is 23.7 Å². The van der Waals surface area contributed by atoms with E-state index < -0.39 is 12.4 Å². The number of hydrogen-bond donors (Lipinski definition) is 1. The minimum atomic E-state index is -0.711. The van der Waals surface area contributed by atoms with Crippen LogP contribution < -0.4 is 5.32 Å². The second kappa shape index (κ2) is 3.23. The average molecular weight is 223 g/mol. The molecule has 16 heavy (non-hydrogen) atoms. The van der Waals surface area contributed by atoms with Crippen molar-refractivity contribution in [1.82, 2.24) is 5.32 Å². The summed E-state index contributed by atoms with van der Waals surface area (Å²) in [5.74, 6) is 0.275. The van der Waals surface area contributed by atoms with Crippen LogP contribution in [-0.4, -0.2) is 25.4 Å². The molecule has 3 aliphatic rings. The quantitative estimate of drug-likeness (QED) is 0.524. The summed E-state index contributed by atoms with van der Waals surface area (Å²) in [6, 6.07) is 0. The third-order valence-corrected chi connectivity index (χ3v) is 3.77. The molecule has 5 heteroatoms. The maximum absolute atomic E-state index is 11.7. The number of rotatable bonds is 1. The van der Waals surface area contributed by atoms with E-state index in [4.69, 9.17) is 9.47 Å². The van der Waals surface area contributed by atoms with Crippen molar-refractivity contribution in [2.45, 2.75) is 12.7 Å². The zero-order valence-electron chi connectivity index (χ0n) is 8.88. The molecule has 0 radical (unpaired) electrons. The van der Waals surface area contributed by atoms with E-state index in [1.807, 2.05) is 0 Å². The van der Waals surface area contributed by atoms with Gasteiger partial charge in [0.05, 0.1) is 11.8 Å². The lowest BCUT2D eigenvalue weighted by molar-refractivity contribution is -0.158. The van der Waals surface area contributed by atoms with Crippen LogP contribution in [0.3, 0.4) is 0 Å². The summed E-state index contributed by atoms with van der Waals surface area (Å²) in [5, 5.41) is 2.36. The van der Waals surface area contributed by atoms with Crippen molar-refractivity contribution in [3.05, 3.63) is 12.2 Å². The van der Waals surface area contributed by atoms with Gasteiger partial charge in [-0.05, 0) is 18.3 Å². The molecule has 1 saturated carbocycles. The third kappa shape index (κ3) is 1.17. The molecule has 1 N–H and O–H groups in total. The van der Waals surface area contributed by atoms with Crippen molar-refractivity contribution < 1.29 is 19.1 Å². The zero-order chi connectivity index (χ0) is 11.3. The molecule has 1 amide bonds. The van der Waals surface area contributed by atoms with Crippen LogP contribution in [0.2, 0.25) is 0 Å². The predicted molar refractivity (Wildman–Crippen MR) is 53.1 cm³/mol. The Hall–Kier alpha value is -1.52. The minimum absolute atomic E-state index is 0.0137. The molecule has 1 heterocycles. The molecule has 0 unspecified atom stereocenters. The molecule has 0 aromatic carbocycles. The summed E-state index contributed by atoms with van der Waals surface area (Å²) in [7, 11) is 1.48. The van der Waals surface area contributed by atoms with Gasteiger partial charge in [0.15, 0.2) is 0 Å². The monoisotopic (exact) mass is 223 g/mol. The van der Waals surface area contributed by atoms with E-state index in [0.717, 1.165) is 6.42 Å². The van der Waals surface area contributed by atoms with Crippen molar-refractivity contribution in [1.29, 1.82) is 0 Å². The lowest BCUT2D eigenvalue weighted by Gasteiger charge is -2.21. The Morgan fingerprint density at radius 3 is 3.00 bits per heavy atom. The van der Waals surface area contributed by atoms with Gasteiger partial charge >= 0.3 is 12.1 Å². The number of carbonyl (C=O) groups is 2. The Kier molecular flexibility index (Phi) is 1.96. The number of nitrogens with one attached hydrogen (secondary N) is 1. The van der Waals surface area contributed by atoms with Crippen molar-refractivity contribution >= 4 is 12.1 Å². The summed E-state index contributed by atoms with van der Waals surface area (Å²) in [5.41, 5.74) is 0. The lowest BCUT2D eigenvalue weighted by atomic mass is 9.85. The van der Waals surface area contributed by atoms with E-state index in [1.54, 1.807) is 0 Å². The van der Waals surface area contributed by atoms with Crippen molar-refractivity contribution in [2.75, 3.05) is 7.05 Å². The molecule has 5 nitrogen and oxygen atoms in total. The van der Waals surface area contributed by atoms with E-state index in [9.17, 15) is 9.59 Å². The Morgan fingerprint density at radius 2 is 2.25 bits per heavy atom. The van der Waals surface area contributed by atoms with E-state index in [2.05, 4.69) is 17.5 Å². The van der Waals surface area contributed by atoms with Gasteiger partial charge in [0.2, 0.25) is 0 Å². The van der Waals surface area contributed by atoms with Crippen LogP contribution in [0.15, 0.2) is 12.2 Å². The van der Waals surface area contributed by atoms with Gasteiger partial charge < -0.3 is 14.8 Å². The second-order valence-electron chi connectivity index (χ2n) is 4.51. The molecule has 86 valence electrons. The Labute approximate surface area is 92.8 Å². The number of ether oxygens (including phenoxy) is 2. The predicted octanol–water partition coefficient (Wildman–Crippen LogP) is 0.664. The molecule has 0 aromatic rings. The van der Waals surface area contributed by atoms with E-state index in [-0.39, 0.29) is 23.7 Å². The number of alkyl carbamates (subject to hydrolysis) is 1. The van der Waals surface area contributed by atoms with Gasteiger partial charge in [0.1, 0.15) is 0 Å². The highest BCUT2D eigenvalue weighted by atomic mass is 16.7. The fourth-order valence-corrected chi connectivity index (χ4v) is 3.10.